The zero-order chi connectivity index (χ0) is 28.8. The summed E-state index contributed by atoms with van der Waals surface area (Å²) in [6.07, 6.45) is 0.561. The van der Waals surface area contributed by atoms with Gasteiger partial charge in [-0.25, -0.2) is 4.79 Å². The van der Waals surface area contributed by atoms with Crippen LogP contribution in [0.5, 0.6) is 0 Å². The van der Waals surface area contributed by atoms with E-state index in [9.17, 15) is 14.4 Å². The number of rotatable bonds is 7. The maximum Gasteiger partial charge on any atom is 0.338 e. The molecule has 1 N–H and O–H groups in total. The lowest BCUT2D eigenvalue weighted by molar-refractivity contribution is -0.127. The maximum absolute atomic E-state index is 13.3. The number of carbonyl (C=O) groups excluding carboxylic acids is 3. The van der Waals surface area contributed by atoms with Crippen LogP contribution in [0.2, 0.25) is 0 Å². The predicted octanol–water partition coefficient (Wildman–Crippen LogP) is 3.20. The Morgan fingerprint density at radius 3 is 2.35 bits per heavy atom. The maximum atomic E-state index is 13.3. The SMILES string of the molecule is CC(CC(N1CCN(C(=O)c2ccc(N(C)C)cc2)CC1)N1C(=S)NC(=O)C1(C)C)c1ccc2c(c1)COC2=O. The molecule has 10 heteroatoms. The number of nitrogens with one attached hydrogen (secondary N) is 1. The van der Waals surface area contributed by atoms with Gasteiger partial charge < -0.3 is 24.8 Å². The first-order valence-corrected chi connectivity index (χ1v) is 14.1. The van der Waals surface area contributed by atoms with Gasteiger partial charge in [-0.3, -0.25) is 14.5 Å². The number of hydrogen-bond acceptors (Lipinski definition) is 7. The first kappa shape index (κ1) is 28.0. The van der Waals surface area contributed by atoms with Crippen molar-refractivity contribution in [3.63, 3.8) is 0 Å². The molecule has 0 aromatic heterocycles. The number of anilines is 1. The van der Waals surface area contributed by atoms with Crippen molar-refractivity contribution >= 4 is 40.8 Å². The fourth-order valence-corrected chi connectivity index (χ4v) is 6.26. The fraction of sp³-hybridized carbons (Fsp3) is 0.467. The van der Waals surface area contributed by atoms with Crippen molar-refractivity contribution in [2.24, 2.45) is 0 Å². The molecule has 3 aliphatic rings. The number of piperazine rings is 1. The number of hydrogen-bond donors (Lipinski definition) is 1. The van der Waals surface area contributed by atoms with Crippen LogP contribution in [0, 0.1) is 0 Å². The minimum absolute atomic E-state index is 0.0265. The second-order valence-corrected chi connectivity index (χ2v) is 12.0. The first-order chi connectivity index (χ1) is 19.0. The minimum Gasteiger partial charge on any atom is -0.457 e. The molecule has 2 aromatic rings. The number of nitrogens with zero attached hydrogens (tertiary/aromatic N) is 4. The van der Waals surface area contributed by atoms with Crippen LogP contribution in [0.25, 0.3) is 0 Å². The molecule has 9 nitrogen and oxygen atoms in total. The first-order valence-electron chi connectivity index (χ1n) is 13.7. The molecular formula is C30H37N5O4S. The third kappa shape index (κ3) is 5.17. The molecular weight excluding hydrogens is 526 g/mol. The molecule has 0 bridgehead atoms. The standard InChI is InChI=1S/C30H37N5O4S/c1-19(21-8-11-24-22(17-21)18-39-27(24)37)16-25(35-29(40)31-28(38)30(35,2)3)33-12-14-34(15-13-33)26(36)20-6-9-23(10-7-20)32(4)5/h6-11,17,19,25H,12-16,18H2,1-5H3,(H,31,38,40). The van der Waals surface area contributed by atoms with Gasteiger partial charge in [0.15, 0.2) is 5.11 Å². The van der Waals surface area contributed by atoms with Crippen LogP contribution in [0.1, 0.15) is 65.0 Å². The van der Waals surface area contributed by atoms with Crippen molar-refractivity contribution in [1.82, 2.24) is 20.0 Å². The van der Waals surface area contributed by atoms with Gasteiger partial charge in [0.25, 0.3) is 11.8 Å². The van der Waals surface area contributed by atoms with Gasteiger partial charge in [0.1, 0.15) is 12.1 Å². The van der Waals surface area contributed by atoms with E-state index < -0.39 is 5.54 Å². The van der Waals surface area contributed by atoms with Gasteiger partial charge in [-0.1, -0.05) is 19.1 Å². The Morgan fingerprint density at radius 2 is 1.75 bits per heavy atom. The second-order valence-electron chi connectivity index (χ2n) is 11.6. The Balaban J connectivity index is 1.34. The summed E-state index contributed by atoms with van der Waals surface area (Å²) in [6, 6.07) is 13.6. The Bertz CT molecular complexity index is 1330. The van der Waals surface area contributed by atoms with Gasteiger partial charge in [-0.15, -0.1) is 0 Å². The largest absolute Gasteiger partial charge is 0.457 e. The van der Waals surface area contributed by atoms with Crippen molar-refractivity contribution in [3.8, 4) is 0 Å². The Hall–Kier alpha value is -3.50. The third-order valence-electron chi connectivity index (χ3n) is 8.39. The van der Waals surface area contributed by atoms with Gasteiger partial charge in [-0.05, 0) is 74.3 Å². The highest BCUT2D eigenvalue weighted by molar-refractivity contribution is 7.80. The topological polar surface area (TPSA) is 85.4 Å². The molecule has 2 amide bonds. The van der Waals surface area contributed by atoms with Crippen LogP contribution >= 0.6 is 12.2 Å². The molecule has 2 aromatic carbocycles. The highest BCUT2D eigenvalue weighted by Crippen LogP contribution is 2.34. The molecule has 212 valence electrons. The molecule has 3 heterocycles. The van der Waals surface area contributed by atoms with E-state index in [1.807, 2.05) is 79.0 Å². The second kappa shape index (κ2) is 10.8. The summed E-state index contributed by atoms with van der Waals surface area (Å²) in [6.45, 7) is 8.74. The van der Waals surface area contributed by atoms with E-state index in [2.05, 4.69) is 23.2 Å². The predicted molar refractivity (Wildman–Crippen MR) is 157 cm³/mol. The zero-order valence-corrected chi connectivity index (χ0v) is 24.6. The van der Waals surface area contributed by atoms with E-state index in [-0.39, 0.29) is 29.9 Å². The summed E-state index contributed by atoms with van der Waals surface area (Å²) in [7, 11) is 3.95. The molecule has 0 aliphatic carbocycles. The fourth-order valence-electron chi connectivity index (χ4n) is 5.82. The summed E-state index contributed by atoms with van der Waals surface area (Å²) in [5, 5.41) is 3.29. The number of cyclic esters (lactones) is 1. The van der Waals surface area contributed by atoms with Crippen LogP contribution in [0.4, 0.5) is 5.69 Å². The summed E-state index contributed by atoms with van der Waals surface area (Å²) < 4.78 is 5.19. The van der Waals surface area contributed by atoms with Crippen LogP contribution in [0.15, 0.2) is 42.5 Å². The van der Waals surface area contributed by atoms with Gasteiger partial charge >= 0.3 is 5.97 Å². The van der Waals surface area contributed by atoms with Crippen LogP contribution in [-0.4, -0.2) is 89.6 Å². The van der Waals surface area contributed by atoms with Crippen molar-refractivity contribution in [1.29, 1.82) is 0 Å². The molecule has 5 rings (SSSR count). The van der Waals surface area contributed by atoms with Crippen molar-refractivity contribution in [2.45, 2.75) is 51.4 Å². The Morgan fingerprint density at radius 1 is 1.07 bits per heavy atom. The number of amides is 2. The molecule has 2 unspecified atom stereocenters. The van der Waals surface area contributed by atoms with E-state index in [0.29, 0.717) is 55.4 Å². The van der Waals surface area contributed by atoms with E-state index in [1.165, 1.54) is 0 Å². The van der Waals surface area contributed by atoms with Gasteiger partial charge in [0.05, 0.1) is 11.7 Å². The molecule has 3 aliphatic heterocycles. The number of thiocarbonyl (C=S) groups is 1. The third-order valence-corrected chi connectivity index (χ3v) is 8.69. The minimum atomic E-state index is -0.805. The number of fused-ring (bicyclic) bond motifs is 1. The Kier molecular flexibility index (Phi) is 7.58. The molecule has 0 spiro atoms. The number of carbonyl (C=O) groups is 3. The summed E-state index contributed by atoms with van der Waals surface area (Å²) >= 11 is 5.66. The van der Waals surface area contributed by atoms with Gasteiger partial charge in [-0.2, -0.15) is 0 Å². The van der Waals surface area contributed by atoms with E-state index >= 15 is 0 Å². The van der Waals surface area contributed by atoms with Crippen LogP contribution < -0.4 is 10.2 Å². The van der Waals surface area contributed by atoms with Gasteiger partial charge in [0, 0.05) is 57.1 Å². The van der Waals surface area contributed by atoms with Crippen molar-refractivity contribution < 1.29 is 19.1 Å². The van der Waals surface area contributed by atoms with E-state index in [0.717, 1.165) is 16.8 Å². The average Bonchev–Trinajstić information content (AvgIpc) is 3.41. The van der Waals surface area contributed by atoms with Crippen LogP contribution in [-0.2, 0) is 16.1 Å². The molecule has 2 saturated heterocycles. The molecule has 40 heavy (non-hydrogen) atoms. The summed E-state index contributed by atoms with van der Waals surface area (Å²) in [5.41, 5.74) is 3.57. The number of benzene rings is 2. The number of esters is 1. The highest BCUT2D eigenvalue weighted by atomic mass is 32.1. The lowest BCUT2D eigenvalue weighted by Crippen LogP contribution is -2.61. The lowest BCUT2D eigenvalue weighted by atomic mass is 9.91. The summed E-state index contributed by atoms with van der Waals surface area (Å²) in [5.74, 6) is -0.242. The van der Waals surface area contributed by atoms with E-state index in [4.69, 9.17) is 17.0 Å². The van der Waals surface area contributed by atoms with Gasteiger partial charge in [0.2, 0.25) is 0 Å². The monoisotopic (exact) mass is 563 g/mol. The molecule has 0 radical (unpaired) electrons. The van der Waals surface area contributed by atoms with Crippen molar-refractivity contribution in [2.75, 3.05) is 45.2 Å². The van der Waals surface area contributed by atoms with E-state index in [1.54, 1.807) is 0 Å². The van der Waals surface area contributed by atoms with Crippen molar-refractivity contribution in [3.05, 3.63) is 64.7 Å². The molecule has 0 saturated carbocycles. The molecule has 2 atom stereocenters. The normalized spacial score (nSPS) is 20.2. The van der Waals surface area contributed by atoms with Crippen LogP contribution in [0.3, 0.4) is 0 Å². The number of ether oxygens (including phenoxy) is 1. The summed E-state index contributed by atoms with van der Waals surface area (Å²) in [4.78, 5) is 46.3. The Labute approximate surface area is 241 Å². The molecule has 2 fully saturated rings. The quantitative estimate of drug-likeness (QED) is 0.406. The lowest BCUT2D eigenvalue weighted by Gasteiger charge is -2.47. The smallest absolute Gasteiger partial charge is 0.338 e. The highest BCUT2D eigenvalue weighted by Gasteiger charge is 2.48. The average molecular weight is 564 g/mol. The zero-order valence-electron chi connectivity index (χ0n) is 23.8.